The summed E-state index contributed by atoms with van der Waals surface area (Å²) in [6, 6.07) is 0.189. The van der Waals surface area contributed by atoms with Crippen molar-refractivity contribution in [2.45, 2.75) is 68.9 Å². The van der Waals surface area contributed by atoms with Gasteiger partial charge in [-0.3, -0.25) is 3.87 Å². The molecular formula is C15H30O9SSi2. The molecule has 3 aliphatic rings. The van der Waals surface area contributed by atoms with Crippen LogP contribution in [0.1, 0.15) is 38.5 Å². The summed E-state index contributed by atoms with van der Waals surface area (Å²) in [5, 5.41) is 0. The molecule has 27 heavy (non-hydrogen) atoms. The van der Waals surface area contributed by atoms with E-state index in [0.29, 0.717) is 32.5 Å². The molecule has 3 heterocycles. The fraction of sp³-hybridized carbons (Fsp3) is 1.00. The molecule has 0 radical (unpaired) electrons. The Hall–Kier alpha value is 0.264. The lowest BCUT2D eigenvalue weighted by Gasteiger charge is -2.29. The molecule has 3 saturated heterocycles. The smallest absolute Gasteiger partial charge is 0.390 e. The quantitative estimate of drug-likeness (QED) is 0.224. The van der Waals surface area contributed by atoms with Crippen LogP contribution in [0.5, 0.6) is 0 Å². The van der Waals surface area contributed by atoms with E-state index in [1.807, 2.05) is 0 Å². The maximum absolute atomic E-state index is 12.2. The van der Waals surface area contributed by atoms with Crippen molar-refractivity contribution in [3.05, 3.63) is 0 Å². The van der Waals surface area contributed by atoms with Crippen LogP contribution in [0.2, 0.25) is 12.1 Å². The highest BCUT2D eigenvalue weighted by Crippen LogP contribution is 2.26. The largest absolute Gasteiger partial charge is 0.503 e. The van der Waals surface area contributed by atoms with Crippen LogP contribution in [0, 0.1) is 0 Å². The van der Waals surface area contributed by atoms with Gasteiger partial charge >= 0.3 is 17.6 Å². The first kappa shape index (κ1) is 22.0. The van der Waals surface area contributed by atoms with Crippen molar-refractivity contribution < 1.29 is 40.8 Å². The van der Waals surface area contributed by atoms with Crippen LogP contribution in [-0.4, -0.2) is 80.1 Å². The molecule has 0 aromatic heterocycles. The lowest BCUT2D eigenvalue weighted by molar-refractivity contribution is 0.163. The molecule has 158 valence electrons. The summed E-state index contributed by atoms with van der Waals surface area (Å²) in [6.45, 7) is 2.16. The highest BCUT2D eigenvalue weighted by atomic mass is 32.2. The fourth-order valence-corrected chi connectivity index (χ4v) is 9.70. The Morgan fingerprint density at radius 2 is 1.33 bits per heavy atom. The fourth-order valence-electron chi connectivity index (χ4n) is 2.85. The second kappa shape index (κ2) is 9.84. The summed E-state index contributed by atoms with van der Waals surface area (Å²) in [6.07, 6.45) is 4.65. The SMILES string of the molecule is O=S(CCCC1CO1)O[Si](O)(CCCC1CO1)O[Si](O)(O)CCCC1CO1. The third-order valence-corrected chi connectivity index (χ3v) is 11.6. The van der Waals surface area contributed by atoms with E-state index >= 15 is 0 Å². The van der Waals surface area contributed by atoms with Gasteiger partial charge in [-0.2, -0.15) is 0 Å². The molecule has 5 unspecified atom stereocenters. The first-order valence-corrected chi connectivity index (χ1v) is 14.9. The second-order valence-electron chi connectivity index (χ2n) is 7.44. The average molecular weight is 443 g/mol. The highest BCUT2D eigenvalue weighted by molar-refractivity contribution is 7.81. The Morgan fingerprint density at radius 3 is 1.85 bits per heavy atom. The predicted octanol–water partition coefficient (Wildman–Crippen LogP) is 0.0750. The van der Waals surface area contributed by atoms with Gasteiger partial charge in [0.1, 0.15) is 11.1 Å². The molecule has 3 N–H and O–H groups in total. The molecule has 0 aromatic carbocycles. The second-order valence-corrected chi connectivity index (χ2v) is 13.9. The van der Waals surface area contributed by atoms with Crippen molar-refractivity contribution in [1.29, 1.82) is 0 Å². The van der Waals surface area contributed by atoms with Crippen molar-refractivity contribution in [1.82, 2.24) is 0 Å². The summed E-state index contributed by atoms with van der Waals surface area (Å²) < 4.78 is 38.3. The van der Waals surface area contributed by atoms with Crippen LogP contribution in [0.25, 0.3) is 0 Å². The van der Waals surface area contributed by atoms with Crippen molar-refractivity contribution >= 4 is 28.7 Å². The summed E-state index contributed by atoms with van der Waals surface area (Å²) in [5.41, 5.74) is 0. The number of epoxide rings is 3. The first-order chi connectivity index (χ1) is 12.8. The third-order valence-electron chi connectivity index (χ3n) is 4.64. The molecule has 3 fully saturated rings. The zero-order chi connectivity index (χ0) is 19.3. The van der Waals surface area contributed by atoms with Gasteiger partial charge in [-0.1, -0.05) is 0 Å². The van der Waals surface area contributed by atoms with Crippen molar-refractivity contribution in [3.8, 4) is 0 Å². The molecule has 0 bridgehead atoms. The minimum atomic E-state index is -4.10. The van der Waals surface area contributed by atoms with Gasteiger partial charge in [0.05, 0.1) is 38.1 Å². The minimum Gasteiger partial charge on any atom is -0.390 e. The topological polar surface area (TPSA) is 134 Å². The average Bonchev–Trinajstić information content (AvgIpc) is 3.41. The number of ether oxygens (including phenoxy) is 3. The lowest BCUT2D eigenvalue weighted by atomic mass is 10.3. The number of rotatable bonds is 16. The molecule has 0 aromatic rings. The summed E-state index contributed by atoms with van der Waals surface area (Å²) in [5.74, 6) is 0.259. The van der Waals surface area contributed by atoms with E-state index in [4.69, 9.17) is 22.2 Å². The Balaban J connectivity index is 1.45. The van der Waals surface area contributed by atoms with E-state index in [1.165, 1.54) is 0 Å². The van der Waals surface area contributed by atoms with Crippen molar-refractivity contribution in [2.75, 3.05) is 25.6 Å². The van der Waals surface area contributed by atoms with E-state index in [2.05, 4.69) is 0 Å². The molecule has 3 rings (SSSR count). The minimum absolute atomic E-state index is 0.0585. The lowest BCUT2D eigenvalue weighted by Crippen LogP contribution is -2.55. The van der Waals surface area contributed by atoms with Crippen molar-refractivity contribution in [3.63, 3.8) is 0 Å². The normalized spacial score (nSPS) is 30.0. The van der Waals surface area contributed by atoms with Crippen LogP contribution in [0.4, 0.5) is 0 Å². The zero-order valence-electron chi connectivity index (χ0n) is 15.4. The van der Waals surface area contributed by atoms with Crippen LogP contribution >= 0.6 is 0 Å². The molecule has 0 aliphatic carbocycles. The first-order valence-electron chi connectivity index (χ1n) is 9.63. The summed E-state index contributed by atoms with van der Waals surface area (Å²) in [4.78, 5) is 31.3. The Morgan fingerprint density at radius 1 is 0.852 bits per heavy atom. The molecule has 5 atom stereocenters. The Bertz CT molecular complexity index is 500. The van der Waals surface area contributed by atoms with Gasteiger partial charge in [0.15, 0.2) is 0 Å². The predicted molar refractivity (Wildman–Crippen MR) is 99.9 cm³/mol. The van der Waals surface area contributed by atoms with Gasteiger partial charge in [-0.15, -0.1) is 0 Å². The molecule has 3 aliphatic heterocycles. The Kier molecular flexibility index (Phi) is 8.01. The van der Waals surface area contributed by atoms with E-state index in [0.717, 1.165) is 25.9 Å². The summed E-state index contributed by atoms with van der Waals surface area (Å²) in [7, 11) is -8.07. The Labute approximate surface area is 164 Å². The van der Waals surface area contributed by atoms with Gasteiger partial charge in [0, 0.05) is 17.8 Å². The van der Waals surface area contributed by atoms with Gasteiger partial charge in [0.2, 0.25) is 0 Å². The number of hydrogen-bond acceptors (Lipinski definition) is 9. The van der Waals surface area contributed by atoms with Gasteiger partial charge in [-0.05, 0) is 38.5 Å². The third kappa shape index (κ3) is 9.54. The highest BCUT2D eigenvalue weighted by Gasteiger charge is 2.49. The van der Waals surface area contributed by atoms with Crippen LogP contribution in [-0.2, 0) is 33.3 Å². The molecule has 12 heteroatoms. The molecule has 0 spiro atoms. The molecular weight excluding hydrogens is 412 g/mol. The molecule has 0 saturated carbocycles. The molecule has 9 nitrogen and oxygen atoms in total. The van der Waals surface area contributed by atoms with E-state index < -0.39 is 28.7 Å². The van der Waals surface area contributed by atoms with E-state index in [9.17, 15) is 18.6 Å². The molecule has 0 amide bonds. The zero-order valence-corrected chi connectivity index (χ0v) is 18.2. The summed E-state index contributed by atoms with van der Waals surface area (Å²) >= 11 is -1.73. The monoisotopic (exact) mass is 442 g/mol. The standard InChI is InChI=1S/C15H30O9SSi2/c16-25(7-1-4-13-10-20-13)23-27(19,9-3-6-15-12-22-15)24-26(17,18)8-2-5-14-11-21-14/h13-15,17-19H,1-12H2. The van der Waals surface area contributed by atoms with Gasteiger partial charge < -0.3 is 32.7 Å². The van der Waals surface area contributed by atoms with Crippen LogP contribution in [0.3, 0.4) is 0 Å². The van der Waals surface area contributed by atoms with Gasteiger partial charge in [0.25, 0.3) is 0 Å². The van der Waals surface area contributed by atoms with E-state index in [1.54, 1.807) is 0 Å². The maximum atomic E-state index is 12.2. The van der Waals surface area contributed by atoms with Crippen molar-refractivity contribution in [2.24, 2.45) is 0 Å². The maximum Gasteiger partial charge on any atom is 0.503 e. The van der Waals surface area contributed by atoms with E-state index in [-0.39, 0.29) is 36.2 Å². The van der Waals surface area contributed by atoms with Gasteiger partial charge in [-0.25, -0.2) is 4.21 Å². The van der Waals surface area contributed by atoms with Crippen LogP contribution < -0.4 is 0 Å². The number of hydrogen-bond donors (Lipinski definition) is 3. The van der Waals surface area contributed by atoms with Crippen LogP contribution in [0.15, 0.2) is 0 Å².